The molecule has 18 heavy (non-hydrogen) atoms. The van der Waals surface area contributed by atoms with E-state index in [1.54, 1.807) is 37.4 Å². The van der Waals surface area contributed by atoms with Crippen LogP contribution in [0.4, 0.5) is 0 Å². The largest absolute Gasteiger partial charge is 0.497 e. The lowest BCUT2D eigenvalue weighted by atomic mass is 10.1. The summed E-state index contributed by atoms with van der Waals surface area (Å²) in [7, 11) is 1.59. The smallest absolute Gasteiger partial charge is 0.344 e. The van der Waals surface area contributed by atoms with Gasteiger partial charge in [-0.15, -0.1) is 0 Å². The zero-order valence-corrected chi connectivity index (χ0v) is 10.3. The number of benzene rings is 2. The molecule has 0 N–H and O–H groups in total. The van der Waals surface area contributed by atoms with Crippen molar-refractivity contribution in [3.05, 3.63) is 51.8 Å². The van der Waals surface area contributed by atoms with Gasteiger partial charge in [0.2, 0.25) is 0 Å². The van der Waals surface area contributed by atoms with Crippen molar-refractivity contribution in [2.45, 2.75) is 0 Å². The van der Waals surface area contributed by atoms with Crippen LogP contribution in [-0.4, -0.2) is 7.11 Å². The Morgan fingerprint density at radius 1 is 1.06 bits per heavy atom. The minimum absolute atomic E-state index is 0.362. The number of fused-ring (bicyclic) bond motifs is 3. The Kier molecular flexibility index (Phi) is 2.49. The van der Waals surface area contributed by atoms with Crippen molar-refractivity contribution in [1.29, 1.82) is 0 Å². The van der Waals surface area contributed by atoms with Gasteiger partial charge in [-0.1, -0.05) is 11.6 Å². The number of ether oxygens (including phenoxy) is 1. The molecule has 0 atom stereocenters. The molecule has 0 bridgehead atoms. The van der Waals surface area contributed by atoms with E-state index in [0.29, 0.717) is 21.7 Å². The van der Waals surface area contributed by atoms with Gasteiger partial charge in [0.1, 0.15) is 11.3 Å². The van der Waals surface area contributed by atoms with Crippen LogP contribution in [-0.2, 0) is 0 Å². The fraction of sp³-hybridized carbons (Fsp3) is 0.0714. The van der Waals surface area contributed by atoms with Crippen molar-refractivity contribution >= 4 is 33.3 Å². The number of rotatable bonds is 1. The number of halogens is 1. The molecule has 0 unspecified atom stereocenters. The highest BCUT2D eigenvalue weighted by Crippen LogP contribution is 2.28. The van der Waals surface area contributed by atoms with E-state index in [2.05, 4.69) is 0 Å². The molecule has 0 radical (unpaired) electrons. The zero-order chi connectivity index (χ0) is 12.7. The lowest BCUT2D eigenvalue weighted by Gasteiger charge is -2.05. The van der Waals surface area contributed by atoms with Crippen LogP contribution in [0.25, 0.3) is 21.7 Å². The van der Waals surface area contributed by atoms with Gasteiger partial charge in [-0.05, 0) is 36.4 Å². The van der Waals surface area contributed by atoms with E-state index in [1.807, 2.05) is 6.07 Å². The third-order valence-corrected chi connectivity index (χ3v) is 3.12. The summed E-state index contributed by atoms with van der Waals surface area (Å²) in [4.78, 5) is 11.8. The molecule has 0 aliphatic heterocycles. The van der Waals surface area contributed by atoms with Gasteiger partial charge in [-0.3, -0.25) is 0 Å². The zero-order valence-electron chi connectivity index (χ0n) is 9.57. The highest BCUT2D eigenvalue weighted by molar-refractivity contribution is 6.31. The quantitative estimate of drug-likeness (QED) is 0.496. The van der Waals surface area contributed by atoms with Gasteiger partial charge in [-0.2, -0.15) is 0 Å². The summed E-state index contributed by atoms with van der Waals surface area (Å²) >= 11 is 5.98. The molecule has 0 aliphatic carbocycles. The lowest BCUT2D eigenvalue weighted by Crippen LogP contribution is -1.99. The summed E-state index contributed by atoms with van der Waals surface area (Å²) in [6.07, 6.45) is 0. The molecule has 3 rings (SSSR count). The molecule has 0 saturated carbocycles. The SMILES string of the molecule is COc1ccc2oc(=O)c3ccc(Cl)cc3c2c1. The third kappa shape index (κ3) is 1.64. The number of hydrogen-bond acceptors (Lipinski definition) is 3. The first kappa shape index (κ1) is 11.1. The predicted molar refractivity (Wildman–Crippen MR) is 71.6 cm³/mol. The van der Waals surface area contributed by atoms with Crippen LogP contribution >= 0.6 is 11.6 Å². The van der Waals surface area contributed by atoms with Crippen molar-refractivity contribution in [1.82, 2.24) is 0 Å². The second kappa shape index (κ2) is 4.03. The summed E-state index contributed by atoms with van der Waals surface area (Å²) in [6, 6.07) is 10.4. The van der Waals surface area contributed by atoms with E-state index in [-0.39, 0.29) is 5.63 Å². The molecule has 0 fully saturated rings. The van der Waals surface area contributed by atoms with Crippen LogP contribution in [0.1, 0.15) is 0 Å². The minimum Gasteiger partial charge on any atom is -0.497 e. The van der Waals surface area contributed by atoms with Crippen molar-refractivity contribution in [3.8, 4) is 5.75 Å². The van der Waals surface area contributed by atoms with Crippen LogP contribution in [0.5, 0.6) is 5.75 Å². The molecule has 3 aromatic rings. The molecule has 4 heteroatoms. The molecule has 1 aromatic heterocycles. The fourth-order valence-corrected chi connectivity index (χ4v) is 2.18. The molecule has 0 aliphatic rings. The average Bonchev–Trinajstić information content (AvgIpc) is 2.38. The predicted octanol–water partition coefficient (Wildman–Crippen LogP) is 3.61. The maximum Gasteiger partial charge on any atom is 0.344 e. The molecule has 0 spiro atoms. The Labute approximate surface area is 108 Å². The summed E-state index contributed by atoms with van der Waals surface area (Å²) in [5.74, 6) is 0.706. The van der Waals surface area contributed by atoms with Gasteiger partial charge in [-0.25, -0.2) is 4.79 Å². The molecule has 0 saturated heterocycles. The summed E-state index contributed by atoms with van der Waals surface area (Å²) in [5.41, 5.74) is 0.162. The Morgan fingerprint density at radius 2 is 1.89 bits per heavy atom. The lowest BCUT2D eigenvalue weighted by molar-refractivity contribution is 0.415. The van der Waals surface area contributed by atoms with Gasteiger partial charge in [0.15, 0.2) is 0 Å². The number of methoxy groups -OCH3 is 1. The third-order valence-electron chi connectivity index (χ3n) is 2.88. The van der Waals surface area contributed by atoms with Crippen LogP contribution < -0.4 is 10.4 Å². The Balaban J connectivity index is 2.55. The van der Waals surface area contributed by atoms with E-state index < -0.39 is 0 Å². The summed E-state index contributed by atoms with van der Waals surface area (Å²) < 4.78 is 10.4. The standard InChI is InChI=1S/C14H9ClO3/c1-17-9-3-5-13-12(7-9)11-6-8(15)2-4-10(11)14(16)18-13/h2-7H,1H3. The molecular formula is C14H9ClO3. The van der Waals surface area contributed by atoms with Gasteiger partial charge in [0.25, 0.3) is 0 Å². The molecule has 2 aromatic carbocycles. The Morgan fingerprint density at radius 3 is 2.67 bits per heavy atom. The topological polar surface area (TPSA) is 39.4 Å². The first-order valence-corrected chi connectivity index (χ1v) is 5.77. The second-order valence-corrected chi connectivity index (χ2v) is 4.38. The van der Waals surface area contributed by atoms with Crippen molar-refractivity contribution in [2.24, 2.45) is 0 Å². The molecule has 3 nitrogen and oxygen atoms in total. The summed E-state index contributed by atoms with van der Waals surface area (Å²) in [6.45, 7) is 0. The monoisotopic (exact) mass is 260 g/mol. The first-order chi connectivity index (χ1) is 8.69. The molecule has 90 valence electrons. The van der Waals surface area contributed by atoms with Gasteiger partial charge >= 0.3 is 5.63 Å². The molecular weight excluding hydrogens is 252 g/mol. The van der Waals surface area contributed by atoms with Crippen LogP contribution in [0, 0.1) is 0 Å². The van der Waals surface area contributed by atoms with E-state index in [1.165, 1.54) is 0 Å². The maximum absolute atomic E-state index is 11.8. The highest BCUT2D eigenvalue weighted by Gasteiger charge is 2.08. The normalized spacial score (nSPS) is 11.0. The van der Waals surface area contributed by atoms with Crippen molar-refractivity contribution in [3.63, 3.8) is 0 Å². The van der Waals surface area contributed by atoms with Crippen molar-refractivity contribution < 1.29 is 9.15 Å². The van der Waals surface area contributed by atoms with Crippen molar-refractivity contribution in [2.75, 3.05) is 7.11 Å². The van der Waals surface area contributed by atoms with E-state index >= 15 is 0 Å². The van der Waals surface area contributed by atoms with Crippen LogP contribution in [0.3, 0.4) is 0 Å². The Bertz CT molecular complexity index is 805. The first-order valence-electron chi connectivity index (χ1n) is 5.39. The van der Waals surface area contributed by atoms with E-state index in [4.69, 9.17) is 20.8 Å². The summed E-state index contributed by atoms with van der Waals surface area (Å²) in [5, 5.41) is 2.68. The van der Waals surface area contributed by atoms with Gasteiger partial charge in [0, 0.05) is 15.8 Å². The average molecular weight is 261 g/mol. The van der Waals surface area contributed by atoms with Crippen LogP contribution in [0.2, 0.25) is 5.02 Å². The van der Waals surface area contributed by atoms with E-state index in [0.717, 1.165) is 10.8 Å². The van der Waals surface area contributed by atoms with Gasteiger partial charge in [0.05, 0.1) is 12.5 Å². The molecule has 1 heterocycles. The number of hydrogen-bond donors (Lipinski definition) is 0. The fourth-order valence-electron chi connectivity index (χ4n) is 2.01. The minimum atomic E-state index is -0.362. The molecule has 0 amide bonds. The van der Waals surface area contributed by atoms with E-state index in [9.17, 15) is 4.79 Å². The second-order valence-electron chi connectivity index (χ2n) is 3.94. The Hall–Kier alpha value is -2.00. The van der Waals surface area contributed by atoms with Gasteiger partial charge < -0.3 is 9.15 Å². The highest BCUT2D eigenvalue weighted by atomic mass is 35.5. The van der Waals surface area contributed by atoms with Crippen LogP contribution in [0.15, 0.2) is 45.6 Å². The maximum atomic E-state index is 11.8.